The fourth-order valence-electron chi connectivity index (χ4n) is 2.42. The van der Waals surface area contributed by atoms with Crippen molar-refractivity contribution in [3.63, 3.8) is 0 Å². The Kier molecular flexibility index (Phi) is 4.07. The minimum absolute atomic E-state index is 0.00870. The highest BCUT2D eigenvalue weighted by Gasteiger charge is 2.02. The summed E-state index contributed by atoms with van der Waals surface area (Å²) in [6.45, 7) is 2.52. The molecule has 2 heteroatoms. The molecular formula is C19H18O2. The lowest BCUT2D eigenvalue weighted by Gasteiger charge is -2.11. The first kappa shape index (κ1) is 13.9. The Morgan fingerprint density at radius 1 is 0.905 bits per heavy atom. The molecule has 3 aromatic carbocycles. The SMILES string of the molecule is [CH]OC(C)CCOc1ccc2cc3ccccc3cc2c1. The third kappa shape index (κ3) is 3.17. The van der Waals surface area contributed by atoms with Crippen LogP contribution in [0.15, 0.2) is 54.6 Å². The van der Waals surface area contributed by atoms with Gasteiger partial charge in [-0.25, -0.2) is 0 Å². The predicted octanol–water partition coefficient (Wildman–Crippen LogP) is 4.84. The van der Waals surface area contributed by atoms with Gasteiger partial charge >= 0.3 is 0 Å². The summed E-state index contributed by atoms with van der Waals surface area (Å²) in [7, 11) is 5.12. The second-order valence-electron chi connectivity index (χ2n) is 5.29. The van der Waals surface area contributed by atoms with E-state index in [-0.39, 0.29) is 6.10 Å². The van der Waals surface area contributed by atoms with Gasteiger partial charge in [0.25, 0.3) is 0 Å². The summed E-state index contributed by atoms with van der Waals surface area (Å²) in [4.78, 5) is 0. The Labute approximate surface area is 125 Å². The molecule has 3 aromatic rings. The number of hydrogen-bond acceptors (Lipinski definition) is 2. The molecule has 0 heterocycles. The summed E-state index contributed by atoms with van der Waals surface area (Å²) >= 11 is 0. The van der Waals surface area contributed by atoms with E-state index in [9.17, 15) is 0 Å². The number of hydrogen-bond donors (Lipinski definition) is 0. The first-order valence-corrected chi connectivity index (χ1v) is 7.17. The van der Waals surface area contributed by atoms with Crippen LogP contribution in [-0.4, -0.2) is 12.7 Å². The highest BCUT2D eigenvalue weighted by Crippen LogP contribution is 2.26. The smallest absolute Gasteiger partial charge is 0.119 e. The third-order valence-electron chi connectivity index (χ3n) is 3.70. The first-order valence-electron chi connectivity index (χ1n) is 7.17. The molecule has 0 bridgehead atoms. The Bertz CT molecular complexity index is 749. The molecule has 0 aromatic heterocycles. The van der Waals surface area contributed by atoms with Gasteiger partial charge in [-0.1, -0.05) is 30.3 Å². The van der Waals surface area contributed by atoms with Gasteiger partial charge in [0.2, 0.25) is 0 Å². The molecule has 106 valence electrons. The topological polar surface area (TPSA) is 18.5 Å². The predicted molar refractivity (Wildman–Crippen MR) is 86.4 cm³/mol. The van der Waals surface area contributed by atoms with Gasteiger partial charge in [-0.05, 0) is 52.7 Å². The van der Waals surface area contributed by atoms with E-state index < -0.39 is 0 Å². The molecule has 2 nitrogen and oxygen atoms in total. The zero-order valence-corrected chi connectivity index (χ0v) is 12.1. The van der Waals surface area contributed by atoms with E-state index in [2.05, 4.69) is 48.5 Å². The highest BCUT2D eigenvalue weighted by molar-refractivity contribution is 5.98. The Morgan fingerprint density at radius 3 is 2.29 bits per heavy atom. The molecule has 0 aliphatic heterocycles. The molecule has 0 aliphatic carbocycles. The first-order chi connectivity index (χ1) is 10.3. The van der Waals surface area contributed by atoms with Gasteiger partial charge in [0, 0.05) is 6.42 Å². The Hall–Kier alpha value is -2.06. The summed E-state index contributed by atoms with van der Waals surface area (Å²) in [6.07, 6.45) is 0.779. The molecule has 1 unspecified atom stereocenters. The standard InChI is InChI=1S/C19H18O2/c1-14(20-2)9-10-21-19-8-7-17-11-15-5-3-4-6-16(15)12-18(17)13-19/h2-8,11-14H,9-10H2,1H3. The zero-order chi connectivity index (χ0) is 14.7. The van der Waals surface area contributed by atoms with Crippen LogP contribution < -0.4 is 4.74 Å². The minimum atomic E-state index is 0.00870. The molecule has 21 heavy (non-hydrogen) atoms. The van der Waals surface area contributed by atoms with Crippen molar-refractivity contribution in [2.45, 2.75) is 19.4 Å². The number of fused-ring (bicyclic) bond motifs is 2. The molecule has 1 atom stereocenters. The van der Waals surface area contributed by atoms with E-state index in [1.54, 1.807) is 0 Å². The van der Waals surface area contributed by atoms with Crippen molar-refractivity contribution >= 4 is 21.5 Å². The molecule has 0 aliphatic rings. The summed E-state index contributed by atoms with van der Waals surface area (Å²) in [5, 5.41) is 4.91. The third-order valence-corrected chi connectivity index (χ3v) is 3.70. The summed E-state index contributed by atoms with van der Waals surface area (Å²) < 4.78 is 10.5. The molecule has 0 saturated heterocycles. The van der Waals surface area contributed by atoms with Crippen molar-refractivity contribution in [2.24, 2.45) is 0 Å². The van der Waals surface area contributed by atoms with Crippen molar-refractivity contribution in [1.82, 2.24) is 0 Å². The fourth-order valence-corrected chi connectivity index (χ4v) is 2.42. The van der Waals surface area contributed by atoms with Crippen LogP contribution in [0.3, 0.4) is 0 Å². The minimum Gasteiger partial charge on any atom is -0.493 e. The normalized spacial score (nSPS) is 12.7. The van der Waals surface area contributed by atoms with Crippen LogP contribution in [0.1, 0.15) is 13.3 Å². The maximum atomic E-state index is 5.76. The van der Waals surface area contributed by atoms with E-state index in [4.69, 9.17) is 16.6 Å². The number of benzene rings is 3. The van der Waals surface area contributed by atoms with Crippen molar-refractivity contribution in [3.05, 3.63) is 61.7 Å². The van der Waals surface area contributed by atoms with E-state index in [0.717, 1.165) is 12.2 Å². The van der Waals surface area contributed by atoms with Crippen LogP contribution >= 0.6 is 0 Å². The lowest BCUT2D eigenvalue weighted by atomic mass is 10.0. The van der Waals surface area contributed by atoms with E-state index in [0.29, 0.717) is 6.61 Å². The molecule has 0 N–H and O–H groups in total. The van der Waals surface area contributed by atoms with Crippen LogP contribution in [0.4, 0.5) is 0 Å². The quantitative estimate of drug-likeness (QED) is 0.622. The summed E-state index contributed by atoms with van der Waals surface area (Å²) in [6, 6.07) is 19.0. The van der Waals surface area contributed by atoms with Crippen LogP contribution in [0.2, 0.25) is 0 Å². The van der Waals surface area contributed by atoms with Gasteiger partial charge < -0.3 is 9.47 Å². The molecule has 0 saturated carbocycles. The summed E-state index contributed by atoms with van der Waals surface area (Å²) in [5.74, 6) is 0.877. The fraction of sp³-hybridized carbons (Fsp3) is 0.211. The number of ether oxygens (including phenoxy) is 2. The second kappa shape index (κ2) is 6.15. The zero-order valence-electron chi connectivity index (χ0n) is 12.1. The molecule has 0 spiro atoms. The highest BCUT2D eigenvalue weighted by atomic mass is 16.5. The van der Waals surface area contributed by atoms with Gasteiger partial charge in [-0.3, -0.25) is 0 Å². The maximum Gasteiger partial charge on any atom is 0.119 e. The van der Waals surface area contributed by atoms with Gasteiger partial charge in [0.05, 0.1) is 12.7 Å². The van der Waals surface area contributed by atoms with Crippen molar-refractivity contribution in [2.75, 3.05) is 6.61 Å². The monoisotopic (exact) mass is 278 g/mol. The second-order valence-corrected chi connectivity index (χ2v) is 5.29. The Morgan fingerprint density at radius 2 is 1.57 bits per heavy atom. The lowest BCUT2D eigenvalue weighted by molar-refractivity contribution is 0.126. The molecule has 3 rings (SSSR count). The van der Waals surface area contributed by atoms with Crippen molar-refractivity contribution in [1.29, 1.82) is 0 Å². The van der Waals surface area contributed by atoms with Crippen LogP contribution in [0.5, 0.6) is 5.75 Å². The van der Waals surface area contributed by atoms with Crippen LogP contribution in [0, 0.1) is 7.11 Å². The molecule has 2 radical (unpaired) electrons. The van der Waals surface area contributed by atoms with Crippen LogP contribution in [0.25, 0.3) is 21.5 Å². The van der Waals surface area contributed by atoms with Crippen molar-refractivity contribution < 1.29 is 9.47 Å². The molecular weight excluding hydrogens is 260 g/mol. The van der Waals surface area contributed by atoms with Gasteiger partial charge in [-0.15, -0.1) is 0 Å². The average Bonchev–Trinajstić information content (AvgIpc) is 2.52. The van der Waals surface area contributed by atoms with Gasteiger partial charge in [-0.2, -0.15) is 0 Å². The average molecular weight is 278 g/mol. The maximum absolute atomic E-state index is 5.76. The van der Waals surface area contributed by atoms with E-state index in [1.807, 2.05) is 13.0 Å². The largest absolute Gasteiger partial charge is 0.493 e. The Balaban J connectivity index is 1.83. The van der Waals surface area contributed by atoms with Gasteiger partial charge in [0.15, 0.2) is 0 Å². The van der Waals surface area contributed by atoms with Crippen LogP contribution in [-0.2, 0) is 4.74 Å². The van der Waals surface area contributed by atoms with Crippen molar-refractivity contribution in [3.8, 4) is 5.75 Å². The lowest BCUT2D eigenvalue weighted by Crippen LogP contribution is -2.09. The molecule has 0 fully saturated rings. The molecule has 0 amide bonds. The van der Waals surface area contributed by atoms with E-state index in [1.165, 1.54) is 21.5 Å². The van der Waals surface area contributed by atoms with E-state index >= 15 is 0 Å². The number of rotatable bonds is 5. The summed E-state index contributed by atoms with van der Waals surface area (Å²) in [5.41, 5.74) is 0. The van der Waals surface area contributed by atoms with Gasteiger partial charge in [0.1, 0.15) is 12.9 Å².